The lowest BCUT2D eigenvalue weighted by atomic mass is 10.2. The molecule has 1 aromatic rings. The predicted molar refractivity (Wildman–Crippen MR) is 50.1 cm³/mol. The number of carbonyl (C=O) groups is 1. The van der Waals surface area contributed by atoms with Gasteiger partial charge in [-0.15, -0.1) is 0 Å². The summed E-state index contributed by atoms with van der Waals surface area (Å²) in [7, 11) is 0. The van der Waals surface area contributed by atoms with Gasteiger partial charge in [0.15, 0.2) is 5.82 Å². The van der Waals surface area contributed by atoms with E-state index in [2.05, 4.69) is 9.73 Å². The van der Waals surface area contributed by atoms with Crippen molar-refractivity contribution >= 4 is 17.7 Å². The highest BCUT2D eigenvalue weighted by molar-refractivity contribution is 5.89. The van der Waals surface area contributed by atoms with Crippen LogP contribution in [0.5, 0.6) is 0 Å². The van der Waals surface area contributed by atoms with Gasteiger partial charge in [-0.05, 0) is 25.1 Å². The minimum absolute atomic E-state index is 0.0826. The van der Waals surface area contributed by atoms with E-state index in [4.69, 9.17) is 0 Å². The Morgan fingerprint density at radius 2 is 2.33 bits per heavy atom. The van der Waals surface area contributed by atoms with E-state index in [1.165, 1.54) is 18.2 Å². The maximum atomic E-state index is 13.2. The second-order valence-electron chi connectivity index (χ2n) is 2.59. The van der Waals surface area contributed by atoms with Gasteiger partial charge in [0.25, 0.3) is 0 Å². The molecule has 0 saturated heterocycles. The smallest absolute Gasteiger partial charge is 0.338 e. The topological polar surface area (TPSA) is 55.7 Å². The summed E-state index contributed by atoms with van der Waals surface area (Å²) in [5.41, 5.74) is -0.0720. The van der Waals surface area contributed by atoms with E-state index in [1.54, 1.807) is 6.92 Å². The van der Waals surface area contributed by atoms with E-state index >= 15 is 0 Å². The molecular formula is C10H8FNO3. The lowest BCUT2D eigenvalue weighted by Crippen LogP contribution is -2.04. The highest BCUT2D eigenvalue weighted by atomic mass is 19.1. The highest BCUT2D eigenvalue weighted by Crippen LogP contribution is 2.18. The zero-order valence-electron chi connectivity index (χ0n) is 7.99. The van der Waals surface area contributed by atoms with Gasteiger partial charge in [0, 0.05) is 0 Å². The molecule has 0 N–H and O–H groups in total. The summed E-state index contributed by atoms with van der Waals surface area (Å²) in [4.78, 5) is 24.2. The largest absolute Gasteiger partial charge is 0.462 e. The van der Waals surface area contributed by atoms with Crippen molar-refractivity contribution in [1.82, 2.24) is 0 Å². The minimum Gasteiger partial charge on any atom is -0.462 e. The summed E-state index contributed by atoms with van der Waals surface area (Å²) in [5, 5.41) is 0. The number of hydrogen-bond acceptors (Lipinski definition) is 4. The number of carbonyl (C=O) groups excluding carboxylic acids is 2. The van der Waals surface area contributed by atoms with Crippen LogP contribution in [0.2, 0.25) is 0 Å². The van der Waals surface area contributed by atoms with Crippen LogP contribution in [0.4, 0.5) is 10.1 Å². The van der Waals surface area contributed by atoms with Crippen molar-refractivity contribution in [2.24, 2.45) is 4.99 Å². The number of aliphatic imine (C=N–C) groups is 1. The summed E-state index contributed by atoms with van der Waals surface area (Å²) in [6.07, 6.45) is 1.22. The van der Waals surface area contributed by atoms with Crippen molar-refractivity contribution in [2.45, 2.75) is 6.92 Å². The molecule has 0 radical (unpaired) electrons. The lowest BCUT2D eigenvalue weighted by Gasteiger charge is -2.02. The molecule has 0 spiro atoms. The number of benzene rings is 1. The molecule has 0 aliphatic carbocycles. The molecule has 0 fully saturated rings. The summed E-state index contributed by atoms with van der Waals surface area (Å²) >= 11 is 0. The molecule has 0 unspecified atom stereocenters. The van der Waals surface area contributed by atoms with Crippen LogP contribution in [0.15, 0.2) is 23.2 Å². The second kappa shape index (κ2) is 5.02. The van der Waals surface area contributed by atoms with Crippen LogP contribution in [0.3, 0.4) is 0 Å². The summed E-state index contributed by atoms with van der Waals surface area (Å²) in [5.74, 6) is -1.37. The molecule has 0 aromatic heterocycles. The second-order valence-corrected chi connectivity index (χ2v) is 2.59. The molecule has 1 aromatic carbocycles. The molecule has 0 bridgehead atoms. The van der Waals surface area contributed by atoms with E-state index in [9.17, 15) is 14.0 Å². The molecule has 0 aliphatic rings. The molecule has 15 heavy (non-hydrogen) atoms. The monoisotopic (exact) mass is 209 g/mol. The third kappa shape index (κ3) is 2.72. The fraction of sp³-hybridized carbons (Fsp3) is 0.200. The maximum Gasteiger partial charge on any atom is 0.338 e. The van der Waals surface area contributed by atoms with Crippen LogP contribution in [-0.4, -0.2) is 18.7 Å². The van der Waals surface area contributed by atoms with Crippen LogP contribution < -0.4 is 0 Å². The first-order chi connectivity index (χ1) is 7.19. The minimum atomic E-state index is -0.760. The number of nitrogens with zero attached hydrogens (tertiary/aromatic N) is 1. The first-order valence-corrected chi connectivity index (χ1v) is 4.23. The van der Waals surface area contributed by atoms with Crippen LogP contribution >= 0.6 is 0 Å². The van der Waals surface area contributed by atoms with Crippen molar-refractivity contribution in [3.8, 4) is 0 Å². The lowest BCUT2D eigenvalue weighted by molar-refractivity contribution is 0.0526. The van der Waals surface area contributed by atoms with E-state index in [1.807, 2.05) is 0 Å². The third-order valence-electron chi connectivity index (χ3n) is 1.62. The zero-order valence-corrected chi connectivity index (χ0v) is 7.99. The number of halogens is 1. The number of rotatable bonds is 3. The van der Waals surface area contributed by atoms with Gasteiger partial charge >= 0.3 is 5.97 Å². The van der Waals surface area contributed by atoms with Gasteiger partial charge in [-0.25, -0.2) is 14.0 Å². The molecule has 0 amide bonds. The van der Waals surface area contributed by atoms with E-state index < -0.39 is 11.8 Å². The molecule has 78 valence electrons. The van der Waals surface area contributed by atoms with Gasteiger partial charge in [0.2, 0.25) is 6.08 Å². The van der Waals surface area contributed by atoms with Gasteiger partial charge in [-0.1, -0.05) is 0 Å². The first-order valence-electron chi connectivity index (χ1n) is 4.23. The fourth-order valence-electron chi connectivity index (χ4n) is 0.988. The Labute approximate surface area is 85.4 Å². The molecule has 4 nitrogen and oxygen atoms in total. The number of hydrogen-bond donors (Lipinski definition) is 0. The maximum absolute atomic E-state index is 13.2. The van der Waals surface area contributed by atoms with Crippen molar-refractivity contribution < 1.29 is 18.7 Å². The molecule has 0 saturated carbocycles. The van der Waals surface area contributed by atoms with Crippen LogP contribution in [0, 0.1) is 5.82 Å². The quantitative estimate of drug-likeness (QED) is 0.434. The van der Waals surface area contributed by atoms with Gasteiger partial charge in [0.05, 0.1) is 12.2 Å². The molecule has 0 atom stereocenters. The molecular weight excluding hydrogens is 201 g/mol. The average Bonchev–Trinajstić information content (AvgIpc) is 2.21. The molecule has 0 aliphatic heterocycles. The first kappa shape index (κ1) is 11.1. The third-order valence-corrected chi connectivity index (χ3v) is 1.62. The Balaban J connectivity index is 3.00. The Morgan fingerprint density at radius 1 is 1.60 bits per heavy atom. The van der Waals surface area contributed by atoms with Gasteiger partial charge in [0.1, 0.15) is 5.69 Å². The molecule has 5 heteroatoms. The van der Waals surface area contributed by atoms with Crippen LogP contribution in [0.25, 0.3) is 0 Å². The van der Waals surface area contributed by atoms with Crippen molar-refractivity contribution in [3.63, 3.8) is 0 Å². The van der Waals surface area contributed by atoms with Gasteiger partial charge < -0.3 is 4.74 Å². The Bertz CT molecular complexity index is 425. The molecule has 0 heterocycles. The van der Waals surface area contributed by atoms with E-state index in [0.717, 1.165) is 6.07 Å². The SMILES string of the molecule is CCOC(=O)c1ccc(N=C=O)c(F)c1. The number of isocyanates is 1. The number of ether oxygens (including phenoxy) is 1. The number of esters is 1. The van der Waals surface area contributed by atoms with Crippen LogP contribution in [0.1, 0.15) is 17.3 Å². The van der Waals surface area contributed by atoms with Crippen LogP contribution in [-0.2, 0) is 9.53 Å². The average molecular weight is 209 g/mol. The van der Waals surface area contributed by atoms with Crippen molar-refractivity contribution in [2.75, 3.05) is 6.61 Å². The van der Waals surface area contributed by atoms with Gasteiger partial charge in [-0.3, -0.25) is 0 Å². The Kier molecular flexibility index (Phi) is 3.71. The van der Waals surface area contributed by atoms with Gasteiger partial charge in [-0.2, -0.15) is 4.99 Å². The van der Waals surface area contributed by atoms with Crippen molar-refractivity contribution in [3.05, 3.63) is 29.6 Å². The van der Waals surface area contributed by atoms with Crippen molar-refractivity contribution in [1.29, 1.82) is 0 Å². The molecule has 1 rings (SSSR count). The highest BCUT2D eigenvalue weighted by Gasteiger charge is 2.09. The van der Waals surface area contributed by atoms with E-state index in [0.29, 0.717) is 0 Å². The predicted octanol–water partition coefficient (Wildman–Crippen LogP) is 1.97. The standard InChI is InChI=1S/C10H8FNO3/c1-2-15-10(14)7-3-4-9(12-6-13)8(11)5-7/h3-5H,2H2,1H3. The van der Waals surface area contributed by atoms with E-state index in [-0.39, 0.29) is 17.9 Å². The summed E-state index contributed by atoms with van der Waals surface area (Å²) < 4.78 is 17.8. The Morgan fingerprint density at radius 3 is 2.87 bits per heavy atom. The fourth-order valence-corrected chi connectivity index (χ4v) is 0.988. The normalized spacial score (nSPS) is 9.20. The summed E-state index contributed by atoms with van der Waals surface area (Å²) in [6.45, 7) is 1.87. The summed E-state index contributed by atoms with van der Waals surface area (Å²) in [6, 6.07) is 3.51. The Hall–Kier alpha value is -2.00. The zero-order chi connectivity index (χ0) is 11.3.